The zero-order valence-corrected chi connectivity index (χ0v) is 17.6. The van der Waals surface area contributed by atoms with Gasteiger partial charge in [-0.2, -0.15) is 0 Å². The summed E-state index contributed by atoms with van der Waals surface area (Å²) in [6, 6.07) is 0. The van der Waals surface area contributed by atoms with Crippen LogP contribution in [0.1, 0.15) is 6.92 Å². The van der Waals surface area contributed by atoms with E-state index in [9.17, 15) is 51.1 Å². The first-order valence-electron chi connectivity index (χ1n) is 10.4. The van der Waals surface area contributed by atoms with Gasteiger partial charge >= 0.3 is 0 Å². The van der Waals surface area contributed by atoms with Crippen molar-refractivity contribution in [3.63, 3.8) is 0 Å². The molecule has 33 heavy (non-hydrogen) atoms. The smallest absolute Gasteiger partial charge is 0.187 e. The molecule has 0 aromatic carbocycles. The van der Waals surface area contributed by atoms with Gasteiger partial charge in [-0.1, -0.05) is 0 Å². The third-order valence-electron chi connectivity index (χ3n) is 6.05. The van der Waals surface area contributed by atoms with Gasteiger partial charge in [-0.05, 0) is 6.92 Å². The van der Waals surface area contributed by atoms with E-state index in [0.717, 1.165) is 0 Å². The minimum absolute atomic E-state index is 0.741. The second-order valence-electron chi connectivity index (χ2n) is 8.32. The maximum atomic E-state index is 10.7. The Balaban J connectivity index is 1.77. The van der Waals surface area contributed by atoms with Crippen molar-refractivity contribution >= 4 is 0 Å². The van der Waals surface area contributed by atoms with Crippen LogP contribution in [-0.2, 0) is 23.7 Å². The highest BCUT2D eigenvalue weighted by Crippen LogP contribution is 2.32. The number of aliphatic hydroxyl groups excluding tert-OH is 10. The van der Waals surface area contributed by atoms with Crippen LogP contribution in [0.5, 0.6) is 0 Å². The molecule has 0 radical (unpaired) electrons. The molecule has 0 amide bonds. The van der Waals surface area contributed by atoms with Gasteiger partial charge in [0.05, 0.1) is 19.3 Å². The molecule has 3 aliphatic rings. The molecule has 0 aliphatic carbocycles. The maximum absolute atomic E-state index is 10.7. The summed E-state index contributed by atoms with van der Waals surface area (Å²) in [6.07, 6.45) is -24.1. The Morgan fingerprint density at radius 2 is 1.03 bits per heavy atom. The van der Waals surface area contributed by atoms with Gasteiger partial charge in [-0.25, -0.2) is 0 Å². The molecule has 3 saturated heterocycles. The molecular formula is C18H32O15. The van der Waals surface area contributed by atoms with Crippen LogP contribution >= 0.6 is 0 Å². The Kier molecular flexibility index (Phi) is 8.99. The Bertz CT molecular complexity index is 610. The summed E-state index contributed by atoms with van der Waals surface area (Å²) in [7, 11) is 0. The Labute approximate surface area is 187 Å². The third-order valence-corrected chi connectivity index (χ3v) is 6.05. The zero-order valence-electron chi connectivity index (χ0n) is 17.6. The minimum Gasteiger partial charge on any atom is -0.394 e. The lowest BCUT2D eigenvalue weighted by atomic mass is 9.96. The molecule has 10 N–H and O–H groups in total. The van der Waals surface area contributed by atoms with Gasteiger partial charge in [0.2, 0.25) is 0 Å². The highest BCUT2D eigenvalue weighted by atomic mass is 16.7. The van der Waals surface area contributed by atoms with Gasteiger partial charge in [0, 0.05) is 0 Å². The second kappa shape index (κ2) is 11.0. The lowest BCUT2D eigenvalue weighted by molar-refractivity contribution is -0.378. The van der Waals surface area contributed by atoms with E-state index in [1.54, 1.807) is 0 Å². The number of hydrogen-bond acceptors (Lipinski definition) is 15. The quantitative estimate of drug-likeness (QED) is 0.167. The standard InChI is InChI=1S/C18H32O15/c1-4-7(21)14(12(26)16(28)29-4)32-18-13(27)15(9(23)6(3-20)31-18)33-17-11(25)10(24)8(22)5(2-19)30-17/h4-28H,2-3H2,1H3/t4-,5+,6+,7+,8+,9+,10-,11-,12-,13-,14+,15-,16+,17-,18+/m0/s1. The van der Waals surface area contributed by atoms with E-state index >= 15 is 0 Å². The molecule has 0 bridgehead atoms. The van der Waals surface area contributed by atoms with Gasteiger partial charge < -0.3 is 74.7 Å². The number of hydrogen-bond donors (Lipinski definition) is 10. The Morgan fingerprint density at radius 1 is 0.545 bits per heavy atom. The first kappa shape index (κ1) is 27.0. The molecule has 0 saturated carbocycles. The van der Waals surface area contributed by atoms with Crippen LogP contribution in [0.25, 0.3) is 0 Å². The summed E-state index contributed by atoms with van der Waals surface area (Å²) >= 11 is 0. The molecule has 0 aromatic rings. The van der Waals surface area contributed by atoms with Crippen LogP contribution in [0.2, 0.25) is 0 Å². The van der Waals surface area contributed by atoms with Crippen molar-refractivity contribution in [2.24, 2.45) is 0 Å². The van der Waals surface area contributed by atoms with Crippen LogP contribution in [0.3, 0.4) is 0 Å². The Hall–Kier alpha value is -0.600. The van der Waals surface area contributed by atoms with E-state index in [4.69, 9.17) is 23.7 Å². The molecule has 3 fully saturated rings. The summed E-state index contributed by atoms with van der Waals surface area (Å²) in [5.74, 6) is 0. The molecule has 15 atom stereocenters. The van der Waals surface area contributed by atoms with E-state index in [1.807, 2.05) is 0 Å². The molecular weight excluding hydrogens is 456 g/mol. The van der Waals surface area contributed by atoms with Crippen molar-refractivity contribution in [2.75, 3.05) is 13.2 Å². The molecule has 0 aromatic heterocycles. The van der Waals surface area contributed by atoms with Crippen molar-refractivity contribution in [3.05, 3.63) is 0 Å². The third kappa shape index (κ3) is 5.32. The average Bonchev–Trinajstić information content (AvgIpc) is 2.79. The van der Waals surface area contributed by atoms with Gasteiger partial charge in [0.15, 0.2) is 18.9 Å². The van der Waals surface area contributed by atoms with E-state index in [0.29, 0.717) is 0 Å². The first-order chi connectivity index (χ1) is 15.5. The van der Waals surface area contributed by atoms with Crippen molar-refractivity contribution in [3.8, 4) is 0 Å². The molecule has 194 valence electrons. The predicted molar refractivity (Wildman–Crippen MR) is 99.8 cm³/mol. The van der Waals surface area contributed by atoms with Crippen LogP contribution in [0.15, 0.2) is 0 Å². The van der Waals surface area contributed by atoms with E-state index in [2.05, 4.69) is 0 Å². The molecule has 3 rings (SSSR count). The molecule has 0 spiro atoms. The molecule has 3 aliphatic heterocycles. The molecule has 0 unspecified atom stereocenters. The first-order valence-corrected chi connectivity index (χ1v) is 10.4. The molecule has 15 nitrogen and oxygen atoms in total. The van der Waals surface area contributed by atoms with Crippen molar-refractivity contribution in [2.45, 2.75) is 99.0 Å². The topological polar surface area (TPSA) is 248 Å². The van der Waals surface area contributed by atoms with Crippen molar-refractivity contribution in [1.29, 1.82) is 0 Å². The highest BCUT2D eigenvalue weighted by Gasteiger charge is 2.53. The fourth-order valence-corrected chi connectivity index (χ4v) is 3.99. The summed E-state index contributed by atoms with van der Waals surface area (Å²) in [5, 5.41) is 100. The summed E-state index contributed by atoms with van der Waals surface area (Å²) in [4.78, 5) is 0. The summed E-state index contributed by atoms with van der Waals surface area (Å²) in [6.45, 7) is -0.117. The number of rotatable bonds is 6. The maximum Gasteiger partial charge on any atom is 0.187 e. The van der Waals surface area contributed by atoms with Gasteiger partial charge in [0.1, 0.15) is 67.1 Å². The zero-order chi connectivity index (χ0) is 24.6. The monoisotopic (exact) mass is 488 g/mol. The predicted octanol–water partition coefficient (Wildman–Crippen LogP) is -6.55. The SMILES string of the molecule is C[C@@H]1O[C@@H](O)[C@@H](O)[C@H](O[C@H]2O[C@H](CO)[C@@H](O)[C@H](O[C@@H]3O[C@H](CO)[C@@H](O)[C@H](O)[C@@H]3O)[C@@H]2O)[C@@H]1O. The average molecular weight is 488 g/mol. The van der Waals surface area contributed by atoms with Gasteiger partial charge in [0.25, 0.3) is 0 Å². The van der Waals surface area contributed by atoms with Gasteiger partial charge in [-0.3, -0.25) is 0 Å². The number of ether oxygens (including phenoxy) is 5. The van der Waals surface area contributed by atoms with Crippen LogP contribution in [0.4, 0.5) is 0 Å². The summed E-state index contributed by atoms with van der Waals surface area (Å²) in [5.41, 5.74) is 0. The summed E-state index contributed by atoms with van der Waals surface area (Å²) < 4.78 is 26.4. The van der Waals surface area contributed by atoms with Gasteiger partial charge in [-0.15, -0.1) is 0 Å². The van der Waals surface area contributed by atoms with Crippen molar-refractivity contribution < 1.29 is 74.7 Å². The second-order valence-corrected chi connectivity index (χ2v) is 8.32. The van der Waals surface area contributed by atoms with E-state index < -0.39 is 105 Å². The highest BCUT2D eigenvalue weighted by molar-refractivity contribution is 4.95. The minimum atomic E-state index is -1.86. The largest absolute Gasteiger partial charge is 0.394 e. The van der Waals surface area contributed by atoms with E-state index in [-0.39, 0.29) is 0 Å². The molecule has 15 heteroatoms. The van der Waals surface area contributed by atoms with Crippen molar-refractivity contribution in [1.82, 2.24) is 0 Å². The number of aliphatic hydroxyl groups is 10. The fraction of sp³-hybridized carbons (Fsp3) is 1.00. The fourth-order valence-electron chi connectivity index (χ4n) is 3.99. The lowest BCUT2D eigenvalue weighted by Gasteiger charge is -2.47. The molecule has 3 heterocycles. The lowest BCUT2D eigenvalue weighted by Crippen LogP contribution is -2.66. The van der Waals surface area contributed by atoms with E-state index in [1.165, 1.54) is 6.92 Å². The van der Waals surface area contributed by atoms with Crippen LogP contribution in [-0.4, -0.2) is 156 Å². The Morgan fingerprint density at radius 3 is 1.58 bits per heavy atom. The normalized spacial score (nSPS) is 53.7. The van der Waals surface area contributed by atoms with Crippen LogP contribution in [0, 0.1) is 0 Å². The van der Waals surface area contributed by atoms with Crippen LogP contribution < -0.4 is 0 Å².